The number of ether oxygens (including phenoxy) is 1. The summed E-state index contributed by atoms with van der Waals surface area (Å²) in [4.78, 5) is 1.82. The molecule has 1 aliphatic heterocycles. The molecule has 2 unspecified atom stereocenters. The highest BCUT2D eigenvalue weighted by Gasteiger charge is 2.22. The molecule has 2 atom stereocenters. The second kappa shape index (κ2) is 24.5. The number of nitrogens with one attached hydrogen (secondary N) is 1. The van der Waals surface area contributed by atoms with E-state index in [2.05, 4.69) is 13.8 Å². The lowest BCUT2D eigenvalue weighted by Gasteiger charge is -2.30. The zero-order chi connectivity index (χ0) is 21.5. The van der Waals surface area contributed by atoms with Gasteiger partial charge in [0.1, 0.15) is 19.2 Å². The van der Waals surface area contributed by atoms with E-state index in [4.69, 9.17) is 4.74 Å². The molecule has 188 valence electrons. The van der Waals surface area contributed by atoms with E-state index >= 15 is 0 Å². The van der Waals surface area contributed by atoms with E-state index in [0.29, 0.717) is 6.10 Å². The van der Waals surface area contributed by atoms with E-state index in [9.17, 15) is 0 Å². The van der Waals surface area contributed by atoms with Crippen LogP contribution in [0.1, 0.15) is 149 Å². The molecule has 0 bridgehead atoms. The highest BCUT2D eigenvalue weighted by molar-refractivity contribution is 4.60. The van der Waals surface area contributed by atoms with Crippen molar-refractivity contribution in [2.24, 2.45) is 0 Å². The van der Waals surface area contributed by atoms with Crippen molar-refractivity contribution in [2.75, 3.05) is 26.2 Å². The number of hydrogen-bond donors (Lipinski definition) is 1. The largest absolute Gasteiger partial charge is 1.00 e. The smallest absolute Gasteiger partial charge is 0.107 e. The number of hydrogen-bond acceptors (Lipinski definition) is 1. The van der Waals surface area contributed by atoms with E-state index in [1.54, 1.807) is 0 Å². The van der Waals surface area contributed by atoms with Crippen molar-refractivity contribution in [3.8, 4) is 0 Å². The molecule has 1 fully saturated rings. The van der Waals surface area contributed by atoms with Gasteiger partial charge in [0.25, 0.3) is 0 Å². The Kier molecular flexibility index (Phi) is 24.4. The fraction of sp³-hybridized carbons (Fsp3) is 1.00. The molecular formula is C28H58FNO. The Morgan fingerprint density at radius 3 is 1.48 bits per heavy atom. The van der Waals surface area contributed by atoms with Gasteiger partial charge in [-0.1, -0.05) is 129 Å². The first-order valence-corrected chi connectivity index (χ1v) is 14.3. The summed E-state index contributed by atoms with van der Waals surface area (Å²) >= 11 is 0. The fourth-order valence-corrected chi connectivity index (χ4v) is 4.99. The molecule has 0 aromatic carbocycles. The van der Waals surface area contributed by atoms with Crippen LogP contribution in [-0.2, 0) is 4.74 Å². The minimum Gasteiger partial charge on any atom is -1.00 e. The van der Waals surface area contributed by atoms with Gasteiger partial charge in [-0.3, -0.25) is 0 Å². The summed E-state index contributed by atoms with van der Waals surface area (Å²) in [6.07, 6.45) is 30.6. The van der Waals surface area contributed by atoms with E-state index in [0.717, 1.165) is 6.61 Å². The van der Waals surface area contributed by atoms with Gasteiger partial charge in [0.2, 0.25) is 0 Å². The number of morpholine rings is 1. The molecule has 1 heterocycles. The molecular weight excluding hydrogens is 385 g/mol. The van der Waals surface area contributed by atoms with E-state index in [1.165, 1.54) is 154 Å². The van der Waals surface area contributed by atoms with Crippen LogP contribution in [0.25, 0.3) is 0 Å². The first-order chi connectivity index (χ1) is 14.9. The average molecular weight is 444 g/mol. The molecule has 0 saturated carbocycles. The van der Waals surface area contributed by atoms with Gasteiger partial charge in [-0.05, 0) is 19.3 Å². The standard InChI is InChI=1S/C28H57NO.FH/c1-3-5-7-9-11-13-15-17-19-21-23-28-27-29(25-26-30-28)24-22-20-18-16-14-12-10-8-6-4-2;/h28H,3-27H2,1-2H3;1H. The summed E-state index contributed by atoms with van der Waals surface area (Å²) in [5.74, 6) is 0. The number of halogens is 1. The van der Waals surface area contributed by atoms with Gasteiger partial charge in [-0.2, -0.15) is 0 Å². The maximum absolute atomic E-state index is 6.07. The Bertz CT molecular complexity index is 309. The van der Waals surface area contributed by atoms with Crippen molar-refractivity contribution in [2.45, 2.75) is 155 Å². The Morgan fingerprint density at radius 1 is 0.581 bits per heavy atom. The summed E-state index contributed by atoms with van der Waals surface area (Å²) < 4.78 is 6.07. The van der Waals surface area contributed by atoms with Crippen LogP contribution in [-0.4, -0.2) is 32.3 Å². The maximum atomic E-state index is 6.07. The summed E-state index contributed by atoms with van der Waals surface area (Å²) in [5.41, 5.74) is 0. The molecule has 1 saturated heterocycles. The molecule has 2 nitrogen and oxygen atoms in total. The van der Waals surface area contributed by atoms with E-state index in [-0.39, 0.29) is 4.70 Å². The highest BCUT2D eigenvalue weighted by Crippen LogP contribution is 2.13. The Hall–Kier alpha value is -0.150. The predicted molar refractivity (Wildman–Crippen MR) is 134 cm³/mol. The molecule has 1 N–H and O–H groups in total. The molecule has 0 aromatic rings. The van der Waals surface area contributed by atoms with Crippen molar-refractivity contribution < 1.29 is 14.3 Å². The monoisotopic (exact) mass is 443 g/mol. The van der Waals surface area contributed by atoms with Gasteiger partial charge >= 0.3 is 0 Å². The third-order valence-corrected chi connectivity index (χ3v) is 7.09. The van der Waals surface area contributed by atoms with Crippen molar-refractivity contribution in [3.63, 3.8) is 0 Å². The van der Waals surface area contributed by atoms with Gasteiger partial charge in [0.15, 0.2) is 0 Å². The first kappa shape index (κ1) is 30.9. The van der Waals surface area contributed by atoms with Crippen LogP contribution in [0.2, 0.25) is 0 Å². The molecule has 31 heavy (non-hydrogen) atoms. The molecule has 3 heteroatoms. The Balaban J connectivity index is 0.00000900. The third-order valence-electron chi connectivity index (χ3n) is 7.09. The molecule has 1 rings (SSSR count). The second-order valence-corrected chi connectivity index (χ2v) is 10.1. The molecule has 0 radical (unpaired) electrons. The van der Waals surface area contributed by atoms with Gasteiger partial charge < -0.3 is 14.3 Å². The second-order valence-electron chi connectivity index (χ2n) is 10.1. The van der Waals surface area contributed by atoms with Gasteiger partial charge in [-0.15, -0.1) is 0 Å². The summed E-state index contributed by atoms with van der Waals surface area (Å²) in [7, 11) is 0. The lowest BCUT2D eigenvalue weighted by molar-refractivity contribution is -0.912. The van der Waals surface area contributed by atoms with Crippen molar-refractivity contribution >= 4 is 0 Å². The quantitative estimate of drug-likeness (QED) is 0.243. The fourth-order valence-electron chi connectivity index (χ4n) is 4.99. The highest BCUT2D eigenvalue weighted by atomic mass is 19.0. The van der Waals surface area contributed by atoms with Crippen LogP contribution in [0.3, 0.4) is 0 Å². The summed E-state index contributed by atoms with van der Waals surface area (Å²) in [6, 6.07) is 0. The Labute approximate surface area is 195 Å². The van der Waals surface area contributed by atoms with Crippen LogP contribution in [0, 0.1) is 0 Å². The Morgan fingerprint density at radius 2 is 1.00 bits per heavy atom. The van der Waals surface area contributed by atoms with Crippen LogP contribution < -0.4 is 9.60 Å². The molecule has 0 aromatic heterocycles. The lowest BCUT2D eigenvalue weighted by Crippen LogP contribution is -3.14. The predicted octanol–water partition coefficient (Wildman–Crippen LogP) is 4.51. The molecule has 1 aliphatic rings. The van der Waals surface area contributed by atoms with Crippen LogP contribution in [0.4, 0.5) is 0 Å². The maximum Gasteiger partial charge on any atom is 0.107 e. The zero-order valence-corrected chi connectivity index (χ0v) is 21.5. The van der Waals surface area contributed by atoms with E-state index < -0.39 is 0 Å². The zero-order valence-electron chi connectivity index (χ0n) is 21.5. The summed E-state index contributed by atoms with van der Waals surface area (Å²) in [6.45, 7) is 9.50. The van der Waals surface area contributed by atoms with Gasteiger partial charge in [0, 0.05) is 0 Å². The molecule has 0 aliphatic carbocycles. The third kappa shape index (κ3) is 20.2. The first-order valence-electron chi connectivity index (χ1n) is 14.3. The number of rotatable bonds is 22. The van der Waals surface area contributed by atoms with Gasteiger partial charge in [-0.25, -0.2) is 0 Å². The number of quaternary nitrogens is 1. The SMILES string of the molecule is CCCCCCCCCCCCC1C[NH+](CCCCCCCCCCCC)CCO1.[F-]. The van der Waals surface area contributed by atoms with Crippen LogP contribution >= 0.6 is 0 Å². The lowest BCUT2D eigenvalue weighted by atomic mass is 10.0. The van der Waals surface area contributed by atoms with E-state index in [1.807, 2.05) is 4.90 Å². The topological polar surface area (TPSA) is 13.7 Å². The average Bonchev–Trinajstić information content (AvgIpc) is 2.76. The molecule has 0 amide bonds. The normalized spacial score (nSPS) is 18.8. The minimum absolute atomic E-state index is 0. The van der Waals surface area contributed by atoms with Gasteiger partial charge in [0.05, 0.1) is 13.2 Å². The van der Waals surface area contributed by atoms with Crippen LogP contribution in [0.5, 0.6) is 0 Å². The van der Waals surface area contributed by atoms with Crippen LogP contribution in [0.15, 0.2) is 0 Å². The number of unbranched alkanes of at least 4 members (excludes halogenated alkanes) is 18. The molecule has 0 spiro atoms. The van der Waals surface area contributed by atoms with Crippen molar-refractivity contribution in [1.82, 2.24) is 0 Å². The minimum atomic E-state index is 0. The van der Waals surface area contributed by atoms with Crippen molar-refractivity contribution in [1.29, 1.82) is 0 Å². The van der Waals surface area contributed by atoms with Crippen molar-refractivity contribution in [3.05, 3.63) is 0 Å². The summed E-state index contributed by atoms with van der Waals surface area (Å²) in [5, 5.41) is 0.